The van der Waals surface area contributed by atoms with Crippen LogP contribution in [0.25, 0.3) is 0 Å². The molecule has 96 valence electrons. The van der Waals surface area contributed by atoms with Crippen molar-refractivity contribution in [3.8, 4) is 0 Å². The van der Waals surface area contributed by atoms with Gasteiger partial charge in [0, 0.05) is 15.5 Å². The highest BCUT2D eigenvalue weighted by Crippen LogP contribution is 2.34. The first-order valence-electron chi connectivity index (χ1n) is 4.83. The van der Waals surface area contributed by atoms with Crippen LogP contribution in [0.4, 0.5) is 18.9 Å². The second-order valence-electron chi connectivity index (χ2n) is 3.44. The van der Waals surface area contributed by atoms with Gasteiger partial charge in [-0.3, -0.25) is 0 Å². The predicted molar refractivity (Wildman–Crippen MR) is 66.4 cm³/mol. The third kappa shape index (κ3) is 3.20. The summed E-state index contributed by atoms with van der Waals surface area (Å²) in [5.41, 5.74) is 0.367. The Balaban J connectivity index is 2.16. The molecule has 0 radical (unpaired) electrons. The lowest BCUT2D eigenvalue weighted by Gasteiger charge is -2.11. The van der Waals surface area contributed by atoms with Gasteiger partial charge in [-0.15, -0.1) is 5.10 Å². The Hall–Kier alpha value is -1.15. The second kappa shape index (κ2) is 5.23. The van der Waals surface area contributed by atoms with Crippen LogP contribution in [0.15, 0.2) is 28.1 Å². The molecule has 0 atom stereocenters. The number of alkyl halides is 3. The zero-order chi connectivity index (χ0) is 13.2. The van der Waals surface area contributed by atoms with Gasteiger partial charge in [0.05, 0.1) is 17.8 Å². The number of anilines is 1. The topological polar surface area (TPSA) is 37.8 Å². The molecule has 1 heterocycles. The molecule has 3 nitrogen and oxygen atoms in total. The summed E-state index contributed by atoms with van der Waals surface area (Å²) in [6.45, 7) is 0.330. The average Bonchev–Trinajstić information content (AvgIpc) is 2.79. The molecule has 2 rings (SSSR count). The molecule has 18 heavy (non-hydrogen) atoms. The van der Waals surface area contributed by atoms with E-state index in [1.807, 2.05) is 0 Å². The van der Waals surface area contributed by atoms with E-state index < -0.39 is 11.7 Å². The molecule has 0 unspecified atom stereocenters. The number of nitrogens with one attached hydrogen (secondary N) is 1. The molecule has 0 aliphatic carbocycles. The van der Waals surface area contributed by atoms with Crippen molar-refractivity contribution in [2.24, 2.45) is 0 Å². The van der Waals surface area contributed by atoms with Crippen LogP contribution >= 0.6 is 27.5 Å². The largest absolute Gasteiger partial charge is 0.416 e. The van der Waals surface area contributed by atoms with E-state index in [0.717, 1.165) is 12.1 Å². The Morgan fingerprint density at radius 3 is 2.72 bits per heavy atom. The first kappa shape index (κ1) is 13.3. The van der Waals surface area contributed by atoms with E-state index in [1.165, 1.54) is 17.6 Å². The standard InChI is InChI=1S/C10H7BrF3N3S/c11-8-2-1-6(10(12,13)14)3-9(8)15-4-7-5-18-17-16-7/h1-3,5,15H,4H2. The summed E-state index contributed by atoms with van der Waals surface area (Å²) in [5, 5.41) is 8.42. The van der Waals surface area contributed by atoms with Crippen molar-refractivity contribution in [2.75, 3.05) is 5.32 Å². The van der Waals surface area contributed by atoms with Gasteiger partial charge in [-0.1, -0.05) is 4.49 Å². The van der Waals surface area contributed by atoms with E-state index >= 15 is 0 Å². The first-order valence-corrected chi connectivity index (χ1v) is 6.46. The summed E-state index contributed by atoms with van der Waals surface area (Å²) in [4.78, 5) is 0. The first-order chi connectivity index (χ1) is 8.47. The molecule has 8 heteroatoms. The minimum absolute atomic E-state index is 0.330. The minimum atomic E-state index is -4.35. The number of halogens is 4. The normalized spacial score (nSPS) is 11.6. The van der Waals surface area contributed by atoms with Crippen LogP contribution in [0.1, 0.15) is 11.3 Å². The maximum atomic E-state index is 12.5. The molecule has 0 amide bonds. The van der Waals surface area contributed by atoms with Gasteiger partial charge >= 0.3 is 6.18 Å². The molecule has 0 aliphatic heterocycles. The molecule has 0 saturated heterocycles. The SMILES string of the molecule is FC(F)(F)c1ccc(Br)c(NCc2csnn2)c1. The van der Waals surface area contributed by atoms with Gasteiger partial charge in [0.1, 0.15) is 0 Å². The number of hydrogen-bond donors (Lipinski definition) is 1. The van der Waals surface area contributed by atoms with Crippen LogP contribution in [0.2, 0.25) is 0 Å². The van der Waals surface area contributed by atoms with Gasteiger partial charge in [-0.2, -0.15) is 13.2 Å². The zero-order valence-corrected chi connectivity index (χ0v) is 11.2. The van der Waals surface area contributed by atoms with E-state index in [9.17, 15) is 13.2 Å². The lowest BCUT2D eigenvalue weighted by atomic mass is 10.2. The Kier molecular flexibility index (Phi) is 3.86. The highest BCUT2D eigenvalue weighted by molar-refractivity contribution is 9.10. The van der Waals surface area contributed by atoms with Crippen LogP contribution in [0.5, 0.6) is 0 Å². The van der Waals surface area contributed by atoms with Crippen LogP contribution in [0, 0.1) is 0 Å². The summed E-state index contributed by atoms with van der Waals surface area (Å²) in [7, 11) is 0. The molecule has 1 aromatic heterocycles. The van der Waals surface area contributed by atoms with Crippen molar-refractivity contribution >= 4 is 33.1 Å². The quantitative estimate of drug-likeness (QED) is 0.921. The molecule has 2 aromatic rings. The minimum Gasteiger partial charge on any atom is -0.378 e. The maximum absolute atomic E-state index is 12.5. The molecule has 0 spiro atoms. The molecule has 0 aliphatic rings. The fraction of sp³-hybridized carbons (Fsp3) is 0.200. The van der Waals surface area contributed by atoms with Crippen LogP contribution in [-0.4, -0.2) is 9.59 Å². The van der Waals surface area contributed by atoms with Crippen molar-refractivity contribution in [1.82, 2.24) is 9.59 Å². The van der Waals surface area contributed by atoms with Gasteiger partial charge in [0.15, 0.2) is 0 Å². The summed E-state index contributed by atoms with van der Waals surface area (Å²) in [6.07, 6.45) is -4.35. The predicted octanol–water partition coefficient (Wildman–Crippen LogP) is 3.93. The molecular weight excluding hydrogens is 331 g/mol. The summed E-state index contributed by atoms with van der Waals surface area (Å²) >= 11 is 4.39. The van der Waals surface area contributed by atoms with Gasteiger partial charge < -0.3 is 5.32 Å². The third-order valence-corrected chi connectivity index (χ3v) is 3.40. The summed E-state index contributed by atoms with van der Waals surface area (Å²) < 4.78 is 41.9. The van der Waals surface area contributed by atoms with Crippen molar-refractivity contribution in [2.45, 2.75) is 12.7 Å². The highest BCUT2D eigenvalue weighted by Gasteiger charge is 2.30. The summed E-state index contributed by atoms with van der Waals surface area (Å²) in [5.74, 6) is 0. The fourth-order valence-corrected chi connectivity index (χ4v) is 2.12. The number of hydrogen-bond acceptors (Lipinski definition) is 4. The van der Waals surface area contributed by atoms with Gasteiger partial charge in [0.2, 0.25) is 0 Å². The Labute approximate surface area is 113 Å². The van der Waals surface area contributed by atoms with E-state index in [1.54, 1.807) is 5.38 Å². The Morgan fingerprint density at radius 1 is 1.33 bits per heavy atom. The van der Waals surface area contributed by atoms with E-state index in [4.69, 9.17) is 0 Å². The van der Waals surface area contributed by atoms with Crippen molar-refractivity contribution in [3.05, 3.63) is 39.3 Å². The number of rotatable bonds is 3. The zero-order valence-electron chi connectivity index (χ0n) is 8.83. The van der Waals surface area contributed by atoms with Crippen molar-refractivity contribution < 1.29 is 13.2 Å². The third-order valence-electron chi connectivity index (χ3n) is 2.16. The van der Waals surface area contributed by atoms with E-state index in [2.05, 4.69) is 30.8 Å². The van der Waals surface area contributed by atoms with Gasteiger partial charge in [0.25, 0.3) is 0 Å². The van der Waals surface area contributed by atoms with Crippen LogP contribution < -0.4 is 5.32 Å². The Morgan fingerprint density at radius 2 is 2.11 bits per heavy atom. The van der Waals surface area contributed by atoms with Crippen molar-refractivity contribution in [3.63, 3.8) is 0 Å². The maximum Gasteiger partial charge on any atom is 0.416 e. The summed E-state index contributed by atoms with van der Waals surface area (Å²) in [6, 6.07) is 3.45. The monoisotopic (exact) mass is 337 g/mol. The lowest BCUT2D eigenvalue weighted by molar-refractivity contribution is -0.137. The smallest absolute Gasteiger partial charge is 0.378 e. The van der Waals surface area contributed by atoms with Gasteiger partial charge in [-0.05, 0) is 45.7 Å². The van der Waals surface area contributed by atoms with E-state index in [-0.39, 0.29) is 0 Å². The number of aromatic nitrogens is 2. The lowest BCUT2D eigenvalue weighted by Crippen LogP contribution is -2.07. The van der Waals surface area contributed by atoms with Gasteiger partial charge in [-0.25, -0.2) is 0 Å². The molecular formula is C10H7BrF3N3S. The number of nitrogens with zero attached hydrogens (tertiary/aromatic N) is 2. The molecule has 0 saturated carbocycles. The second-order valence-corrected chi connectivity index (χ2v) is 4.91. The Bertz CT molecular complexity index is 528. The van der Waals surface area contributed by atoms with Crippen molar-refractivity contribution in [1.29, 1.82) is 0 Å². The number of benzene rings is 1. The fourth-order valence-electron chi connectivity index (χ4n) is 1.28. The molecule has 1 aromatic carbocycles. The van der Waals surface area contributed by atoms with Crippen LogP contribution in [-0.2, 0) is 12.7 Å². The molecule has 0 bridgehead atoms. The van der Waals surface area contributed by atoms with Crippen LogP contribution in [0.3, 0.4) is 0 Å². The molecule has 0 fully saturated rings. The molecule has 1 N–H and O–H groups in total. The van der Waals surface area contributed by atoms with E-state index in [0.29, 0.717) is 22.4 Å². The average molecular weight is 338 g/mol. The highest BCUT2D eigenvalue weighted by atomic mass is 79.9.